The Kier molecular flexibility index (Phi) is 3.76. The predicted octanol–water partition coefficient (Wildman–Crippen LogP) is 6.33. The molecule has 116 valence electrons. The van der Waals surface area contributed by atoms with Gasteiger partial charge in [0, 0.05) is 16.6 Å². The van der Waals surface area contributed by atoms with Gasteiger partial charge in [0.25, 0.3) is 0 Å². The first kappa shape index (κ1) is 14.5. The first-order valence-corrected chi connectivity index (χ1v) is 8.26. The van der Waals surface area contributed by atoms with Crippen molar-refractivity contribution in [1.29, 1.82) is 0 Å². The first-order chi connectivity index (χ1) is 11.9. The minimum atomic E-state index is 1.18. The van der Waals surface area contributed by atoms with Crippen LogP contribution in [0, 0.1) is 0 Å². The molecule has 1 nitrogen and oxygen atoms in total. The summed E-state index contributed by atoms with van der Waals surface area (Å²) < 4.78 is 2.34. The van der Waals surface area contributed by atoms with E-state index in [2.05, 4.69) is 109 Å². The summed E-state index contributed by atoms with van der Waals surface area (Å²) in [5, 5.41) is 1.26. The summed E-state index contributed by atoms with van der Waals surface area (Å²) in [4.78, 5) is 0. The summed E-state index contributed by atoms with van der Waals surface area (Å²) in [6.07, 6.45) is 4.26. The van der Waals surface area contributed by atoms with Crippen LogP contribution in [-0.2, 0) is 0 Å². The molecule has 4 rings (SSSR count). The van der Waals surface area contributed by atoms with Gasteiger partial charge in [0.05, 0.1) is 11.2 Å². The van der Waals surface area contributed by atoms with Gasteiger partial charge in [-0.15, -0.1) is 0 Å². The van der Waals surface area contributed by atoms with Crippen molar-refractivity contribution in [2.24, 2.45) is 0 Å². The lowest BCUT2D eigenvalue weighted by Gasteiger charge is -2.13. The van der Waals surface area contributed by atoms with Crippen molar-refractivity contribution in [3.8, 4) is 16.9 Å². The van der Waals surface area contributed by atoms with Crippen LogP contribution in [0.4, 0.5) is 0 Å². The maximum atomic E-state index is 2.34. The number of hydrogen-bond donors (Lipinski definition) is 0. The van der Waals surface area contributed by atoms with E-state index in [1.807, 2.05) is 0 Å². The van der Waals surface area contributed by atoms with Crippen molar-refractivity contribution in [2.75, 3.05) is 0 Å². The van der Waals surface area contributed by atoms with Crippen LogP contribution in [0.2, 0.25) is 0 Å². The lowest BCUT2D eigenvalue weighted by Crippen LogP contribution is -1.97. The van der Waals surface area contributed by atoms with Gasteiger partial charge >= 0.3 is 0 Å². The van der Waals surface area contributed by atoms with Crippen molar-refractivity contribution >= 4 is 17.0 Å². The molecule has 3 aromatic carbocycles. The summed E-state index contributed by atoms with van der Waals surface area (Å²) in [5.74, 6) is 0. The number of allylic oxidation sites excluding steroid dienone is 1. The van der Waals surface area contributed by atoms with E-state index < -0.39 is 0 Å². The number of aromatic nitrogens is 1. The molecule has 1 aromatic heterocycles. The molecule has 0 amide bonds. The smallest absolute Gasteiger partial charge is 0.0547 e. The molecule has 1 heterocycles. The van der Waals surface area contributed by atoms with Crippen molar-refractivity contribution in [3.05, 3.63) is 96.6 Å². The zero-order valence-corrected chi connectivity index (χ0v) is 13.7. The van der Waals surface area contributed by atoms with Crippen LogP contribution in [0.5, 0.6) is 0 Å². The molecule has 0 saturated carbocycles. The van der Waals surface area contributed by atoms with Crippen molar-refractivity contribution < 1.29 is 0 Å². The SMILES string of the molecule is C/C=C\c1ccccc1-c1cc2ccccc2n1-c1ccccc1. The Hall–Kier alpha value is -3.06. The van der Waals surface area contributed by atoms with Gasteiger partial charge < -0.3 is 4.57 Å². The molecule has 0 aliphatic carbocycles. The van der Waals surface area contributed by atoms with Crippen molar-refractivity contribution in [2.45, 2.75) is 6.92 Å². The average Bonchev–Trinajstić information content (AvgIpc) is 3.02. The fraction of sp³-hybridized carbons (Fsp3) is 0.0435. The van der Waals surface area contributed by atoms with Crippen molar-refractivity contribution in [1.82, 2.24) is 4.57 Å². The highest BCUT2D eigenvalue weighted by atomic mass is 15.0. The molecule has 0 fully saturated rings. The van der Waals surface area contributed by atoms with E-state index in [-0.39, 0.29) is 0 Å². The monoisotopic (exact) mass is 309 g/mol. The van der Waals surface area contributed by atoms with E-state index in [0.717, 1.165) is 0 Å². The molecule has 0 N–H and O–H groups in total. The second-order valence-electron chi connectivity index (χ2n) is 5.85. The zero-order chi connectivity index (χ0) is 16.4. The second kappa shape index (κ2) is 6.21. The van der Waals surface area contributed by atoms with Gasteiger partial charge in [-0.2, -0.15) is 0 Å². The molecule has 0 aliphatic rings. The molecule has 1 heteroatoms. The lowest BCUT2D eigenvalue weighted by atomic mass is 10.0. The van der Waals surface area contributed by atoms with E-state index in [0.29, 0.717) is 0 Å². The summed E-state index contributed by atoms with van der Waals surface area (Å²) in [5.41, 5.74) is 6.12. The van der Waals surface area contributed by atoms with E-state index in [4.69, 9.17) is 0 Å². The van der Waals surface area contributed by atoms with Gasteiger partial charge in [-0.1, -0.05) is 72.8 Å². The summed E-state index contributed by atoms with van der Waals surface area (Å²) in [6, 6.07) is 30.0. The quantitative estimate of drug-likeness (QED) is 0.416. The number of fused-ring (bicyclic) bond motifs is 1. The highest BCUT2D eigenvalue weighted by Crippen LogP contribution is 2.33. The summed E-state index contributed by atoms with van der Waals surface area (Å²) in [6.45, 7) is 2.06. The molecule has 0 spiro atoms. The van der Waals surface area contributed by atoms with Crippen LogP contribution >= 0.6 is 0 Å². The Morgan fingerprint density at radius 1 is 0.750 bits per heavy atom. The molecule has 0 saturated heterocycles. The minimum Gasteiger partial charge on any atom is -0.309 e. The fourth-order valence-corrected chi connectivity index (χ4v) is 3.26. The molecule has 0 bridgehead atoms. The molecule has 4 aromatic rings. The third-order valence-corrected chi connectivity index (χ3v) is 4.31. The maximum absolute atomic E-state index is 2.34. The standard InChI is InChI=1S/C23H19N/c1-2-10-18-11-6-8-15-21(18)23-17-19-12-7-9-16-22(19)24(23)20-13-4-3-5-14-20/h2-17H,1H3/b10-2-. The maximum Gasteiger partial charge on any atom is 0.0547 e. The van der Waals surface area contributed by atoms with Crippen LogP contribution in [-0.4, -0.2) is 4.57 Å². The first-order valence-electron chi connectivity index (χ1n) is 8.26. The van der Waals surface area contributed by atoms with E-state index in [9.17, 15) is 0 Å². The molecule has 0 aliphatic heterocycles. The Balaban J connectivity index is 2.07. The van der Waals surface area contributed by atoms with Gasteiger partial charge in [-0.05, 0) is 36.8 Å². The van der Waals surface area contributed by atoms with Crippen LogP contribution < -0.4 is 0 Å². The van der Waals surface area contributed by atoms with Gasteiger partial charge in [0.2, 0.25) is 0 Å². The minimum absolute atomic E-state index is 1.18. The topological polar surface area (TPSA) is 4.93 Å². The Bertz CT molecular complexity index is 1010. The van der Waals surface area contributed by atoms with Crippen LogP contribution in [0.3, 0.4) is 0 Å². The molecule has 0 unspecified atom stereocenters. The van der Waals surface area contributed by atoms with Gasteiger partial charge in [0.15, 0.2) is 0 Å². The highest BCUT2D eigenvalue weighted by molar-refractivity contribution is 5.90. The van der Waals surface area contributed by atoms with Gasteiger partial charge in [-0.3, -0.25) is 0 Å². The van der Waals surface area contributed by atoms with E-state index in [1.165, 1.54) is 33.4 Å². The number of para-hydroxylation sites is 2. The number of nitrogens with zero attached hydrogens (tertiary/aromatic N) is 1. The van der Waals surface area contributed by atoms with Crippen molar-refractivity contribution in [3.63, 3.8) is 0 Å². The Morgan fingerprint density at radius 3 is 2.29 bits per heavy atom. The van der Waals surface area contributed by atoms with Gasteiger partial charge in [0.1, 0.15) is 0 Å². The van der Waals surface area contributed by atoms with E-state index >= 15 is 0 Å². The number of hydrogen-bond acceptors (Lipinski definition) is 0. The zero-order valence-electron chi connectivity index (χ0n) is 13.7. The van der Waals surface area contributed by atoms with E-state index in [1.54, 1.807) is 0 Å². The summed E-state index contributed by atoms with van der Waals surface area (Å²) in [7, 11) is 0. The Labute approximate surface area is 142 Å². The predicted molar refractivity (Wildman–Crippen MR) is 103 cm³/mol. The molecule has 0 radical (unpaired) electrons. The summed E-state index contributed by atoms with van der Waals surface area (Å²) >= 11 is 0. The Morgan fingerprint density at radius 2 is 1.46 bits per heavy atom. The fourth-order valence-electron chi connectivity index (χ4n) is 3.26. The lowest BCUT2D eigenvalue weighted by molar-refractivity contribution is 1.13. The van der Waals surface area contributed by atoms with Crippen LogP contribution in [0.25, 0.3) is 33.9 Å². The normalized spacial score (nSPS) is 11.4. The largest absolute Gasteiger partial charge is 0.309 e. The molecule has 24 heavy (non-hydrogen) atoms. The second-order valence-corrected chi connectivity index (χ2v) is 5.85. The molecular weight excluding hydrogens is 290 g/mol. The number of rotatable bonds is 3. The number of benzene rings is 3. The molecule has 0 atom stereocenters. The average molecular weight is 309 g/mol. The highest BCUT2D eigenvalue weighted by Gasteiger charge is 2.13. The molecular formula is C23H19N. The van der Waals surface area contributed by atoms with Crippen LogP contribution in [0.1, 0.15) is 12.5 Å². The third kappa shape index (κ3) is 2.44. The van der Waals surface area contributed by atoms with Gasteiger partial charge in [-0.25, -0.2) is 0 Å². The van der Waals surface area contributed by atoms with Crippen LogP contribution in [0.15, 0.2) is 91.0 Å². The third-order valence-electron chi connectivity index (χ3n) is 4.31.